The highest BCUT2D eigenvalue weighted by molar-refractivity contribution is 5.93. The van der Waals surface area contributed by atoms with E-state index in [0.717, 1.165) is 0 Å². The molecule has 1 heterocycles. The Bertz CT molecular complexity index is 396. The van der Waals surface area contributed by atoms with Gasteiger partial charge in [-0.1, -0.05) is 0 Å². The molecule has 0 aliphatic rings. The predicted molar refractivity (Wildman–Crippen MR) is 62.1 cm³/mol. The Balaban J connectivity index is 2.49. The summed E-state index contributed by atoms with van der Waals surface area (Å²) < 4.78 is 10.0. The van der Waals surface area contributed by atoms with Gasteiger partial charge in [0.05, 0.1) is 18.3 Å². The number of rotatable bonds is 6. The van der Waals surface area contributed by atoms with Crippen LogP contribution in [0.25, 0.3) is 0 Å². The second-order valence-electron chi connectivity index (χ2n) is 3.46. The maximum atomic E-state index is 11.7. The van der Waals surface area contributed by atoms with Gasteiger partial charge in [0.2, 0.25) is 5.56 Å². The van der Waals surface area contributed by atoms with Gasteiger partial charge < -0.3 is 19.8 Å². The number of amides is 1. The number of aromatic nitrogens is 1. The summed E-state index contributed by atoms with van der Waals surface area (Å²) in [7, 11) is 3.12. The summed E-state index contributed by atoms with van der Waals surface area (Å²) in [6.45, 7) is 0.755. The van der Waals surface area contributed by atoms with E-state index >= 15 is 0 Å². The van der Waals surface area contributed by atoms with E-state index in [9.17, 15) is 9.59 Å². The molecular formula is C11H16N2O4. The average Bonchev–Trinajstić information content (AvgIpc) is 2.35. The number of pyridine rings is 1. The second-order valence-corrected chi connectivity index (χ2v) is 3.46. The van der Waals surface area contributed by atoms with Crippen molar-refractivity contribution in [2.24, 2.45) is 0 Å². The summed E-state index contributed by atoms with van der Waals surface area (Å²) in [6, 6.07) is 2.77. The van der Waals surface area contributed by atoms with Gasteiger partial charge in [-0.2, -0.15) is 0 Å². The van der Waals surface area contributed by atoms with E-state index < -0.39 is 0 Å². The van der Waals surface area contributed by atoms with Crippen LogP contribution in [0.5, 0.6) is 0 Å². The third kappa shape index (κ3) is 4.38. The van der Waals surface area contributed by atoms with Crippen molar-refractivity contribution in [1.82, 2.24) is 10.3 Å². The third-order valence-electron chi connectivity index (χ3n) is 2.22. The molecule has 0 spiro atoms. The molecule has 0 saturated heterocycles. The lowest BCUT2D eigenvalue weighted by Crippen LogP contribution is -2.35. The number of H-pyrrole nitrogens is 1. The van der Waals surface area contributed by atoms with Crippen molar-refractivity contribution in [2.45, 2.75) is 6.10 Å². The zero-order valence-corrected chi connectivity index (χ0v) is 9.86. The van der Waals surface area contributed by atoms with Gasteiger partial charge >= 0.3 is 0 Å². The molecule has 0 radical (unpaired) electrons. The van der Waals surface area contributed by atoms with Crippen LogP contribution in [-0.2, 0) is 9.47 Å². The van der Waals surface area contributed by atoms with Crippen LogP contribution >= 0.6 is 0 Å². The lowest BCUT2D eigenvalue weighted by molar-refractivity contribution is 0.0285. The van der Waals surface area contributed by atoms with Crippen molar-refractivity contribution in [3.05, 3.63) is 34.2 Å². The van der Waals surface area contributed by atoms with Crippen molar-refractivity contribution in [2.75, 3.05) is 27.4 Å². The molecule has 1 rings (SSSR count). The van der Waals surface area contributed by atoms with Crippen LogP contribution in [-0.4, -0.2) is 44.4 Å². The number of carbonyl (C=O) groups is 1. The molecule has 1 aromatic heterocycles. The van der Waals surface area contributed by atoms with Gasteiger partial charge in [0, 0.05) is 33.0 Å². The summed E-state index contributed by atoms with van der Waals surface area (Å²) in [4.78, 5) is 24.9. The minimum Gasteiger partial charge on any atom is -0.382 e. The summed E-state index contributed by atoms with van der Waals surface area (Å²) in [5, 5.41) is 2.69. The molecule has 94 valence electrons. The zero-order valence-electron chi connectivity index (χ0n) is 9.86. The minimum absolute atomic E-state index is 0.188. The molecule has 0 aliphatic carbocycles. The number of aromatic amines is 1. The largest absolute Gasteiger partial charge is 0.382 e. The number of nitrogens with one attached hydrogen (secondary N) is 2. The van der Waals surface area contributed by atoms with Crippen molar-refractivity contribution >= 4 is 5.91 Å². The Morgan fingerprint density at radius 1 is 1.47 bits per heavy atom. The van der Waals surface area contributed by atoms with Crippen molar-refractivity contribution in [3.63, 3.8) is 0 Å². The van der Waals surface area contributed by atoms with Crippen LogP contribution in [0, 0.1) is 0 Å². The minimum atomic E-state index is -0.264. The predicted octanol–water partition coefficient (Wildman–Crippen LogP) is -0.234. The van der Waals surface area contributed by atoms with Gasteiger partial charge in [0.25, 0.3) is 5.91 Å². The quantitative estimate of drug-likeness (QED) is 0.719. The highest BCUT2D eigenvalue weighted by atomic mass is 16.5. The smallest absolute Gasteiger partial charge is 0.252 e. The highest BCUT2D eigenvalue weighted by Crippen LogP contribution is 1.94. The van der Waals surface area contributed by atoms with Gasteiger partial charge in [-0.15, -0.1) is 0 Å². The normalized spacial score (nSPS) is 12.1. The average molecular weight is 240 g/mol. The van der Waals surface area contributed by atoms with E-state index in [1.807, 2.05) is 0 Å². The first-order chi connectivity index (χ1) is 8.17. The fourth-order valence-electron chi connectivity index (χ4n) is 1.26. The first kappa shape index (κ1) is 13.4. The highest BCUT2D eigenvalue weighted by Gasteiger charge is 2.10. The van der Waals surface area contributed by atoms with Gasteiger partial charge in [-0.25, -0.2) is 0 Å². The Kier molecular flexibility index (Phi) is 5.38. The molecule has 0 saturated carbocycles. The maximum absolute atomic E-state index is 11.7. The van der Waals surface area contributed by atoms with E-state index in [-0.39, 0.29) is 17.6 Å². The Labute approximate surface area is 98.9 Å². The fraction of sp³-hybridized carbons (Fsp3) is 0.455. The van der Waals surface area contributed by atoms with Crippen LogP contribution in [0.3, 0.4) is 0 Å². The zero-order chi connectivity index (χ0) is 12.7. The molecular weight excluding hydrogens is 224 g/mol. The molecule has 2 N–H and O–H groups in total. The number of methoxy groups -OCH3 is 2. The van der Waals surface area contributed by atoms with Crippen molar-refractivity contribution < 1.29 is 14.3 Å². The Morgan fingerprint density at radius 3 is 2.76 bits per heavy atom. The summed E-state index contributed by atoms with van der Waals surface area (Å²) in [5.41, 5.74) is 0.160. The SMILES string of the molecule is COCC(CNC(=O)c1ccc(=O)[nH]c1)OC. The van der Waals surface area contributed by atoms with E-state index in [1.165, 1.54) is 18.3 Å². The van der Waals surface area contributed by atoms with Gasteiger partial charge in [0.1, 0.15) is 0 Å². The monoisotopic (exact) mass is 240 g/mol. The van der Waals surface area contributed by atoms with Gasteiger partial charge in [-0.3, -0.25) is 9.59 Å². The Morgan fingerprint density at radius 2 is 2.24 bits per heavy atom. The van der Waals surface area contributed by atoms with Crippen molar-refractivity contribution in [1.29, 1.82) is 0 Å². The van der Waals surface area contributed by atoms with E-state index in [0.29, 0.717) is 18.7 Å². The summed E-state index contributed by atoms with van der Waals surface area (Å²) in [6.07, 6.45) is 1.18. The molecule has 0 aromatic carbocycles. The third-order valence-corrected chi connectivity index (χ3v) is 2.22. The molecule has 0 bridgehead atoms. The van der Waals surface area contributed by atoms with E-state index in [1.54, 1.807) is 14.2 Å². The maximum Gasteiger partial charge on any atom is 0.252 e. The topological polar surface area (TPSA) is 80.4 Å². The first-order valence-corrected chi connectivity index (χ1v) is 5.16. The van der Waals surface area contributed by atoms with Crippen LogP contribution < -0.4 is 10.9 Å². The molecule has 1 unspecified atom stereocenters. The molecule has 6 heteroatoms. The lowest BCUT2D eigenvalue weighted by Gasteiger charge is -2.14. The molecule has 0 fully saturated rings. The van der Waals surface area contributed by atoms with Crippen LogP contribution in [0.2, 0.25) is 0 Å². The number of carbonyl (C=O) groups excluding carboxylic acids is 1. The van der Waals surface area contributed by atoms with Gasteiger partial charge in [-0.05, 0) is 6.07 Å². The van der Waals surface area contributed by atoms with Crippen LogP contribution in [0.1, 0.15) is 10.4 Å². The molecule has 0 aliphatic heterocycles. The number of hydrogen-bond donors (Lipinski definition) is 2. The standard InChI is InChI=1S/C11H16N2O4/c1-16-7-9(17-2)6-13-11(15)8-3-4-10(14)12-5-8/h3-5,9H,6-7H2,1-2H3,(H,12,14)(H,13,15). The first-order valence-electron chi connectivity index (χ1n) is 5.16. The van der Waals surface area contributed by atoms with Crippen LogP contribution in [0.15, 0.2) is 23.1 Å². The molecule has 17 heavy (non-hydrogen) atoms. The Hall–Kier alpha value is -1.66. The second kappa shape index (κ2) is 6.82. The van der Waals surface area contributed by atoms with E-state index in [2.05, 4.69) is 10.3 Å². The molecule has 1 aromatic rings. The summed E-state index contributed by atoms with van der Waals surface area (Å²) >= 11 is 0. The van der Waals surface area contributed by atoms with Crippen molar-refractivity contribution in [3.8, 4) is 0 Å². The molecule has 1 amide bonds. The van der Waals surface area contributed by atoms with Crippen LogP contribution in [0.4, 0.5) is 0 Å². The van der Waals surface area contributed by atoms with Gasteiger partial charge in [0.15, 0.2) is 0 Å². The molecule has 6 nitrogen and oxygen atoms in total. The fourth-order valence-corrected chi connectivity index (χ4v) is 1.26. The lowest BCUT2D eigenvalue weighted by atomic mass is 10.2. The molecule has 1 atom stereocenters. The number of hydrogen-bond acceptors (Lipinski definition) is 4. The van der Waals surface area contributed by atoms with E-state index in [4.69, 9.17) is 9.47 Å². The summed E-state index contributed by atoms with van der Waals surface area (Å²) in [5.74, 6) is -0.264. The number of ether oxygens (including phenoxy) is 2.